The van der Waals surface area contributed by atoms with Gasteiger partial charge >= 0.3 is 0 Å². The first-order chi connectivity index (χ1) is 9.32. The molecule has 2 atom stereocenters. The Labute approximate surface area is 134 Å². The molecule has 3 N–H and O–H groups in total. The Morgan fingerprint density at radius 2 is 1.90 bits per heavy atom. The van der Waals surface area contributed by atoms with E-state index < -0.39 is 6.04 Å². The van der Waals surface area contributed by atoms with Gasteiger partial charge in [0.15, 0.2) is 0 Å². The molecule has 0 aromatic carbocycles. The molecule has 2 amide bonds. The molecule has 0 bridgehead atoms. The summed E-state index contributed by atoms with van der Waals surface area (Å²) in [6.07, 6.45) is 2.04. The summed E-state index contributed by atoms with van der Waals surface area (Å²) in [4.78, 5) is 25.7. The number of nitrogens with zero attached hydrogens (tertiary/aromatic N) is 1. The van der Waals surface area contributed by atoms with Crippen LogP contribution in [0.15, 0.2) is 0 Å². The number of carbonyl (C=O) groups excluding carboxylic acids is 2. The summed E-state index contributed by atoms with van der Waals surface area (Å²) in [6.45, 7) is 9.84. The lowest BCUT2D eigenvalue weighted by Crippen LogP contribution is -2.51. The van der Waals surface area contributed by atoms with Crippen LogP contribution in [-0.4, -0.2) is 42.4 Å². The van der Waals surface area contributed by atoms with Gasteiger partial charge in [-0.15, -0.1) is 12.4 Å². The van der Waals surface area contributed by atoms with Gasteiger partial charge in [-0.25, -0.2) is 0 Å². The van der Waals surface area contributed by atoms with Gasteiger partial charge in [-0.2, -0.15) is 0 Å². The number of hydrogen-bond donors (Lipinski definition) is 2. The Balaban J connectivity index is 0.00000400. The minimum absolute atomic E-state index is 0. The van der Waals surface area contributed by atoms with E-state index in [2.05, 4.69) is 5.32 Å². The van der Waals surface area contributed by atoms with Crippen LogP contribution in [0.2, 0.25) is 0 Å². The zero-order valence-corrected chi connectivity index (χ0v) is 14.4. The van der Waals surface area contributed by atoms with Crippen molar-refractivity contribution in [2.75, 3.05) is 19.6 Å². The van der Waals surface area contributed by atoms with E-state index in [0.29, 0.717) is 19.0 Å². The molecule has 124 valence electrons. The van der Waals surface area contributed by atoms with E-state index in [0.717, 1.165) is 19.4 Å². The summed E-state index contributed by atoms with van der Waals surface area (Å²) < 4.78 is 0. The van der Waals surface area contributed by atoms with Gasteiger partial charge in [0.05, 0.1) is 6.04 Å². The molecule has 1 saturated heterocycles. The van der Waals surface area contributed by atoms with Crippen molar-refractivity contribution in [2.45, 2.75) is 46.6 Å². The minimum Gasteiger partial charge on any atom is -0.356 e. The molecular weight excluding hydrogens is 290 g/mol. The number of amides is 2. The fraction of sp³-hybridized carbons (Fsp3) is 0.867. The zero-order chi connectivity index (χ0) is 15.3. The van der Waals surface area contributed by atoms with Gasteiger partial charge in [-0.1, -0.05) is 27.7 Å². The van der Waals surface area contributed by atoms with Crippen LogP contribution < -0.4 is 11.1 Å². The van der Waals surface area contributed by atoms with E-state index in [4.69, 9.17) is 5.73 Å². The van der Waals surface area contributed by atoms with Crippen LogP contribution in [0.1, 0.15) is 40.5 Å². The highest BCUT2D eigenvalue weighted by Gasteiger charge is 2.28. The number of halogens is 1. The summed E-state index contributed by atoms with van der Waals surface area (Å²) in [7, 11) is 0. The third kappa shape index (κ3) is 6.22. The van der Waals surface area contributed by atoms with Crippen molar-refractivity contribution >= 4 is 24.2 Å². The zero-order valence-electron chi connectivity index (χ0n) is 13.6. The van der Waals surface area contributed by atoms with Crippen molar-refractivity contribution in [1.29, 1.82) is 0 Å². The highest BCUT2D eigenvalue weighted by molar-refractivity contribution is 5.85. The minimum atomic E-state index is -0.418. The average Bonchev–Trinajstić information content (AvgIpc) is 2.43. The lowest BCUT2D eigenvalue weighted by Gasteiger charge is -2.35. The van der Waals surface area contributed by atoms with Crippen LogP contribution in [0.4, 0.5) is 0 Å². The standard InChI is InChI=1S/C15H29N3O2.ClH/c1-10(2)13(16)15(20)18-7-5-6-12(9-18)8-17-14(19)11(3)4;/h10-13H,5-9,16H2,1-4H3,(H,17,19);1H/t12?,13-;/m0./s1. The lowest BCUT2D eigenvalue weighted by molar-refractivity contribution is -0.135. The highest BCUT2D eigenvalue weighted by Crippen LogP contribution is 2.17. The van der Waals surface area contributed by atoms with E-state index in [9.17, 15) is 9.59 Å². The van der Waals surface area contributed by atoms with Crippen molar-refractivity contribution in [3.8, 4) is 0 Å². The van der Waals surface area contributed by atoms with Crippen molar-refractivity contribution in [3.63, 3.8) is 0 Å². The number of hydrogen-bond acceptors (Lipinski definition) is 3. The molecule has 6 heteroatoms. The molecule has 1 rings (SSSR count). The predicted octanol–water partition coefficient (Wildman–Crippen LogP) is 1.40. The second kappa shape index (κ2) is 9.26. The number of nitrogens with two attached hydrogens (primary N) is 1. The number of rotatable bonds is 5. The van der Waals surface area contributed by atoms with E-state index in [-0.39, 0.29) is 36.1 Å². The summed E-state index contributed by atoms with van der Waals surface area (Å²) >= 11 is 0. The van der Waals surface area contributed by atoms with Gasteiger partial charge in [0.2, 0.25) is 11.8 Å². The lowest BCUT2D eigenvalue weighted by atomic mass is 9.95. The molecule has 1 unspecified atom stereocenters. The molecule has 0 aromatic rings. The molecule has 0 spiro atoms. The molecule has 0 radical (unpaired) electrons. The first kappa shape index (κ1) is 20.2. The molecular formula is C15H30ClN3O2. The normalized spacial score (nSPS) is 20.1. The molecule has 0 aromatic heterocycles. The van der Waals surface area contributed by atoms with E-state index in [1.807, 2.05) is 32.6 Å². The molecule has 5 nitrogen and oxygen atoms in total. The van der Waals surface area contributed by atoms with Crippen LogP contribution >= 0.6 is 12.4 Å². The monoisotopic (exact) mass is 319 g/mol. The predicted molar refractivity (Wildman–Crippen MR) is 87.2 cm³/mol. The molecule has 1 heterocycles. The van der Waals surface area contributed by atoms with Crippen molar-refractivity contribution in [3.05, 3.63) is 0 Å². The van der Waals surface area contributed by atoms with Crippen molar-refractivity contribution in [1.82, 2.24) is 10.2 Å². The maximum atomic E-state index is 12.2. The van der Waals surface area contributed by atoms with E-state index >= 15 is 0 Å². The molecule has 1 aliphatic rings. The third-order valence-electron chi connectivity index (χ3n) is 3.92. The molecule has 1 fully saturated rings. The molecule has 0 saturated carbocycles. The Morgan fingerprint density at radius 1 is 1.29 bits per heavy atom. The molecule has 0 aliphatic carbocycles. The summed E-state index contributed by atoms with van der Waals surface area (Å²) in [5, 5.41) is 2.96. The maximum Gasteiger partial charge on any atom is 0.239 e. The summed E-state index contributed by atoms with van der Waals surface area (Å²) in [5.74, 6) is 0.621. The number of piperidine rings is 1. The fourth-order valence-corrected chi connectivity index (χ4v) is 2.38. The molecule has 1 aliphatic heterocycles. The Kier molecular flexibility index (Phi) is 8.90. The quantitative estimate of drug-likeness (QED) is 0.804. The SMILES string of the molecule is CC(C)C(=O)NCC1CCCN(C(=O)[C@@H](N)C(C)C)C1.Cl. The van der Waals surface area contributed by atoms with Crippen molar-refractivity contribution in [2.24, 2.45) is 23.5 Å². The second-order valence-corrected chi connectivity index (χ2v) is 6.46. The van der Waals surface area contributed by atoms with Gasteiger partial charge in [-0.3, -0.25) is 9.59 Å². The van der Waals surface area contributed by atoms with Gasteiger partial charge in [0.1, 0.15) is 0 Å². The van der Waals surface area contributed by atoms with E-state index in [1.165, 1.54) is 0 Å². The van der Waals surface area contributed by atoms with Crippen LogP contribution in [0.3, 0.4) is 0 Å². The Bertz CT molecular complexity index is 348. The summed E-state index contributed by atoms with van der Waals surface area (Å²) in [6, 6.07) is -0.418. The highest BCUT2D eigenvalue weighted by atomic mass is 35.5. The van der Waals surface area contributed by atoms with Gasteiger partial charge in [0, 0.05) is 25.6 Å². The average molecular weight is 320 g/mol. The first-order valence-electron chi connectivity index (χ1n) is 7.65. The largest absolute Gasteiger partial charge is 0.356 e. The maximum absolute atomic E-state index is 12.2. The number of likely N-dealkylation sites (tertiary alicyclic amines) is 1. The molecule has 21 heavy (non-hydrogen) atoms. The topological polar surface area (TPSA) is 75.4 Å². The van der Waals surface area contributed by atoms with Crippen LogP contribution in [0.25, 0.3) is 0 Å². The number of carbonyl (C=O) groups is 2. The second-order valence-electron chi connectivity index (χ2n) is 6.46. The smallest absolute Gasteiger partial charge is 0.239 e. The van der Waals surface area contributed by atoms with Crippen molar-refractivity contribution < 1.29 is 9.59 Å². The van der Waals surface area contributed by atoms with Gasteiger partial charge in [0.25, 0.3) is 0 Å². The van der Waals surface area contributed by atoms with Gasteiger partial charge < -0.3 is 16.0 Å². The van der Waals surface area contributed by atoms with Crippen LogP contribution in [0.5, 0.6) is 0 Å². The Morgan fingerprint density at radius 3 is 2.43 bits per heavy atom. The fourth-order valence-electron chi connectivity index (χ4n) is 2.38. The van der Waals surface area contributed by atoms with Crippen LogP contribution in [-0.2, 0) is 9.59 Å². The van der Waals surface area contributed by atoms with E-state index in [1.54, 1.807) is 0 Å². The third-order valence-corrected chi connectivity index (χ3v) is 3.92. The van der Waals surface area contributed by atoms with Gasteiger partial charge in [-0.05, 0) is 24.7 Å². The van der Waals surface area contributed by atoms with Crippen LogP contribution in [0, 0.1) is 17.8 Å². The Hall–Kier alpha value is -0.810. The first-order valence-corrected chi connectivity index (χ1v) is 7.65. The number of nitrogens with one attached hydrogen (secondary N) is 1. The summed E-state index contributed by atoms with van der Waals surface area (Å²) in [5.41, 5.74) is 5.94.